The third-order valence-electron chi connectivity index (χ3n) is 4.83. The number of rotatable bonds is 6. The fourth-order valence-electron chi connectivity index (χ4n) is 3.30. The zero-order chi connectivity index (χ0) is 21.2. The van der Waals surface area contributed by atoms with Gasteiger partial charge < -0.3 is 5.32 Å². The first-order valence-electron chi connectivity index (χ1n) is 9.23. The van der Waals surface area contributed by atoms with Gasteiger partial charge in [0.1, 0.15) is 11.6 Å². The van der Waals surface area contributed by atoms with E-state index in [2.05, 4.69) is 5.32 Å². The summed E-state index contributed by atoms with van der Waals surface area (Å²) in [5.41, 5.74) is -0.135. The predicted octanol–water partition coefficient (Wildman–Crippen LogP) is 3.76. The van der Waals surface area contributed by atoms with Crippen molar-refractivity contribution in [3.05, 3.63) is 64.2 Å². The van der Waals surface area contributed by atoms with Gasteiger partial charge in [0.25, 0.3) is 5.91 Å². The van der Waals surface area contributed by atoms with Crippen molar-refractivity contribution in [1.29, 1.82) is 0 Å². The molecule has 1 heterocycles. The van der Waals surface area contributed by atoms with Gasteiger partial charge in [0, 0.05) is 24.7 Å². The maximum atomic E-state index is 13.8. The normalized spacial score (nSPS) is 16.0. The van der Waals surface area contributed by atoms with Crippen molar-refractivity contribution in [2.24, 2.45) is 0 Å². The van der Waals surface area contributed by atoms with Crippen LogP contribution in [0.25, 0.3) is 0 Å². The average Bonchev–Trinajstić information content (AvgIpc) is 3.20. The second-order valence-electron chi connectivity index (χ2n) is 7.03. The summed E-state index contributed by atoms with van der Waals surface area (Å²) in [6, 6.07) is 6.92. The largest absolute Gasteiger partial charge is 0.349 e. The van der Waals surface area contributed by atoms with Crippen molar-refractivity contribution < 1.29 is 22.0 Å². The van der Waals surface area contributed by atoms with E-state index in [4.69, 9.17) is 11.6 Å². The minimum Gasteiger partial charge on any atom is -0.349 e. The molecule has 9 heteroatoms. The van der Waals surface area contributed by atoms with Gasteiger partial charge in [0.15, 0.2) is 0 Å². The van der Waals surface area contributed by atoms with E-state index in [0.29, 0.717) is 13.1 Å². The second-order valence-corrected chi connectivity index (χ2v) is 9.38. The SMILES string of the molecule is CC(Cc1c(F)cccc1F)NC(=O)c1cc(S(=O)(=O)N2CCCC2)ccc1Cl. The molecule has 1 atom stereocenters. The molecule has 1 N–H and O–H groups in total. The van der Waals surface area contributed by atoms with Crippen molar-refractivity contribution in [2.45, 2.75) is 37.1 Å². The Morgan fingerprint density at radius 3 is 2.41 bits per heavy atom. The number of hydrogen-bond donors (Lipinski definition) is 1. The summed E-state index contributed by atoms with van der Waals surface area (Å²) in [6.07, 6.45) is 1.53. The van der Waals surface area contributed by atoms with Crippen LogP contribution in [-0.2, 0) is 16.4 Å². The van der Waals surface area contributed by atoms with Gasteiger partial charge in [0.2, 0.25) is 10.0 Å². The molecule has 29 heavy (non-hydrogen) atoms. The number of hydrogen-bond acceptors (Lipinski definition) is 3. The van der Waals surface area contributed by atoms with Crippen molar-refractivity contribution in [3.8, 4) is 0 Å². The molecule has 3 rings (SSSR count). The zero-order valence-electron chi connectivity index (χ0n) is 15.8. The van der Waals surface area contributed by atoms with E-state index in [1.165, 1.54) is 28.6 Å². The number of carbonyl (C=O) groups is 1. The van der Waals surface area contributed by atoms with E-state index in [0.717, 1.165) is 25.0 Å². The van der Waals surface area contributed by atoms with E-state index < -0.39 is 33.6 Å². The van der Waals surface area contributed by atoms with E-state index >= 15 is 0 Å². The maximum Gasteiger partial charge on any atom is 0.253 e. The number of carbonyl (C=O) groups excluding carboxylic acids is 1. The molecule has 0 radical (unpaired) electrons. The Labute approximate surface area is 173 Å². The Morgan fingerprint density at radius 2 is 1.79 bits per heavy atom. The van der Waals surface area contributed by atoms with Crippen LogP contribution in [0.4, 0.5) is 8.78 Å². The smallest absolute Gasteiger partial charge is 0.253 e. The quantitative estimate of drug-likeness (QED) is 0.740. The summed E-state index contributed by atoms with van der Waals surface area (Å²) >= 11 is 6.11. The third kappa shape index (κ3) is 4.76. The molecule has 1 aliphatic heterocycles. The van der Waals surface area contributed by atoms with E-state index in [9.17, 15) is 22.0 Å². The molecule has 0 aliphatic carbocycles. The molecular weight excluding hydrogens is 422 g/mol. The topological polar surface area (TPSA) is 66.5 Å². The van der Waals surface area contributed by atoms with Gasteiger partial charge in [-0.1, -0.05) is 17.7 Å². The van der Waals surface area contributed by atoms with Crippen molar-refractivity contribution in [1.82, 2.24) is 9.62 Å². The lowest BCUT2D eigenvalue weighted by Gasteiger charge is -2.18. The molecule has 0 saturated carbocycles. The number of halogens is 3. The molecule has 1 unspecified atom stereocenters. The van der Waals surface area contributed by atoms with E-state index in [1.807, 2.05) is 0 Å². The number of benzene rings is 2. The molecule has 156 valence electrons. The summed E-state index contributed by atoms with van der Waals surface area (Å²) in [5.74, 6) is -2.00. The van der Waals surface area contributed by atoms with Gasteiger partial charge in [-0.15, -0.1) is 0 Å². The first-order valence-corrected chi connectivity index (χ1v) is 11.1. The highest BCUT2D eigenvalue weighted by Gasteiger charge is 2.28. The summed E-state index contributed by atoms with van der Waals surface area (Å²) < 4.78 is 54.5. The van der Waals surface area contributed by atoms with Crippen LogP contribution in [0, 0.1) is 11.6 Å². The summed E-state index contributed by atoms with van der Waals surface area (Å²) in [4.78, 5) is 12.6. The van der Waals surface area contributed by atoms with Crippen LogP contribution in [-0.4, -0.2) is 37.8 Å². The Kier molecular flexibility index (Phi) is 6.55. The number of nitrogens with one attached hydrogen (secondary N) is 1. The molecule has 1 saturated heterocycles. The van der Waals surface area contributed by atoms with Gasteiger partial charge in [-0.2, -0.15) is 4.31 Å². The first-order chi connectivity index (χ1) is 13.7. The lowest BCUT2D eigenvalue weighted by molar-refractivity contribution is 0.0939. The molecule has 0 aromatic heterocycles. The van der Waals surface area contributed by atoms with E-state index in [-0.39, 0.29) is 27.5 Å². The monoisotopic (exact) mass is 442 g/mol. The molecule has 1 fully saturated rings. The third-order valence-corrected chi connectivity index (χ3v) is 7.06. The minimum atomic E-state index is -3.70. The molecule has 0 bridgehead atoms. The lowest BCUT2D eigenvalue weighted by Crippen LogP contribution is -2.35. The minimum absolute atomic E-state index is 0.00667. The highest BCUT2D eigenvalue weighted by molar-refractivity contribution is 7.89. The summed E-state index contributed by atoms with van der Waals surface area (Å²) in [5, 5.41) is 2.71. The van der Waals surface area contributed by atoms with Crippen molar-refractivity contribution >= 4 is 27.5 Å². The van der Waals surface area contributed by atoms with Gasteiger partial charge >= 0.3 is 0 Å². The lowest BCUT2D eigenvalue weighted by atomic mass is 10.1. The average molecular weight is 443 g/mol. The summed E-state index contributed by atoms with van der Waals surface area (Å²) in [7, 11) is -3.70. The molecule has 5 nitrogen and oxygen atoms in total. The van der Waals surface area contributed by atoms with Crippen LogP contribution in [0.5, 0.6) is 0 Å². The molecule has 2 aromatic carbocycles. The number of sulfonamides is 1. The van der Waals surface area contributed by atoms with Crippen molar-refractivity contribution in [2.75, 3.05) is 13.1 Å². The number of nitrogens with zero attached hydrogens (tertiary/aromatic N) is 1. The zero-order valence-corrected chi connectivity index (χ0v) is 17.4. The van der Waals surface area contributed by atoms with Crippen LogP contribution in [0.2, 0.25) is 5.02 Å². The van der Waals surface area contributed by atoms with Crippen LogP contribution < -0.4 is 5.32 Å². The van der Waals surface area contributed by atoms with Crippen LogP contribution >= 0.6 is 11.6 Å². The van der Waals surface area contributed by atoms with Gasteiger partial charge in [0.05, 0.1) is 15.5 Å². The highest BCUT2D eigenvalue weighted by Crippen LogP contribution is 2.25. The fraction of sp³-hybridized carbons (Fsp3) is 0.350. The van der Waals surface area contributed by atoms with Gasteiger partial charge in [-0.05, 0) is 56.5 Å². The van der Waals surface area contributed by atoms with Crippen molar-refractivity contribution in [3.63, 3.8) is 0 Å². The highest BCUT2D eigenvalue weighted by atomic mass is 35.5. The molecule has 1 amide bonds. The molecule has 1 aliphatic rings. The fourth-order valence-corrected chi connectivity index (χ4v) is 5.05. The summed E-state index contributed by atoms with van der Waals surface area (Å²) in [6.45, 7) is 2.48. The predicted molar refractivity (Wildman–Crippen MR) is 106 cm³/mol. The standard InChI is InChI=1S/C20H21ClF2N2O3S/c1-13(11-16-18(22)5-4-6-19(16)23)24-20(26)15-12-14(7-8-17(15)21)29(27,28)25-9-2-3-10-25/h4-8,12-13H,2-3,9-11H2,1H3,(H,24,26). The van der Waals surface area contributed by atoms with Crippen LogP contribution in [0.15, 0.2) is 41.3 Å². The maximum absolute atomic E-state index is 13.8. The Morgan fingerprint density at radius 1 is 1.17 bits per heavy atom. The van der Waals surface area contributed by atoms with Crippen LogP contribution in [0.1, 0.15) is 35.7 Å². The van der Waals surface area contributed by atoms with Gasteiger partial charge in [-0.3, -0.25) is 4.79 Å². The second kappa shape index (κ2) is 8.77. The van der Waals surface area contributed by atoms with Crippen LogP contribution in [0.3, 0.4) is 0 Å². The Bertz CT molecular complexity index is 1000. The van der Waals surface area contributed by atoms with E-state index in [1.54, 1.807) is 6.92 Å². The Balaban J connectivity index is 1.78. The number of amides is 1. The van der Waals surface area contributed by atoms with Gasteiger partial charge in [-0.25, -0.2) is 17.2 Å². The first kappa shape index (κ1) is 21.7. The molecule has 2 aromatic rings. The Hall–Kier alpha value is -2.03. The molecule has 0 spiro atoms. The molecular formula is C20H21ClF2N2O3S.